The van der Waals surface area contributed by atoms with Crippen LogP contribution in [0.25, 0.3) is 0 Å². The zero-order chi connectivity index (χ0) is 17.6. The van der Waals surface area contributed by atoms with Crippen LogP contribution in [0.15, 0.2) is 18.3 Å². The second kappa shape index (κ2) is 8.40. The molecule has 0 radical (unpaired) electrons. The summed E-state index contributed by atoms with van der Waals surface area (Å²) in [7, 11) is 0. The van der Waals surface area contributed by atoms with Gasteiger partial charge in [0.05, 0.1) is 24.8 Å². The number of aromatic nitrogens is 1. The van der Waals surface area contributed by atoms with Gasteiger partial charge >= 0.3 is 0 Å². The Morgan fingerprint density at radius 2 is 2.16 bits per heavy atom. The van der Waals surface area contributed by atoms with Crippen molar-refractivity contribution >= 4 is 11.8 Å². The number of morpholine rings is 1. The Morgan fingerprint density at radius 1 is 1.36 bits per heavy atom. The number of carbonyl (C=O) groups excluding carboxylic acids is 2. The Labute approximate surface area is 148 Å². The molecule has 1 N–H and O–H groups in total. The number of hydrogen-bond donors (Lipinski definition) is 1. The lowest BCUT2D eigenvalue weighted by molar-refractivity contribution is -0.131. The van der Waals surface area contributed by atoms with E-state index in [-0.39, 0.29) is 11.8 Å². The van der Waals surface area contributed by atoms with Gasteiger partial charge in [0.25, 0.3) is 0 Å². The van der Waals surface area contributed by atoms with Crippen LogP contribution in [-0.2, 0) is 20.9 Å². The van der Waals surface area contributed by atoms with E-state index in [9.17, 15) is 9.59 Å². The molecule has 136 valence electrons. The molecule has 0 aromatic carbocycles. The van der Waals surface area contributed by atoms with Crippen molar-refractivity contribution in [3.8, 4) is 0 Å². The highest BCUT2D eigenvalue weighted by molar-refractivity contribution is 5.85. The first-order chi connectivity index (χ1) is 12.1. The fourth-order valence-electron chi connectivity index (χ4n) is 3.38. The number of hydrogen-bond acceptors (Lipinski definition) is 5. The van der Waals surface area contributed by atoms with Crippen LogP contribution in [0.4, 0.5) is 0 Å². The fraction of sp³-hybridized carbons (Fsp3) is 0.611. The average Bonchev–Trinajstić information content (AvgIpc) is 2.65. The van der Waals surface area contributed by atoms with E-state index in [2.05, 4.69) is 15.2 Å². The molecule has 1 fully saturated rings. The van der Waals surface area contributed by atoms with Crippen molar-refractivity contribution in [2.45, 2.75) is 25.8 Å². The standard InChI is InChI=1S/C18H26N4O3/c1-14(23)22-12-15-4-2-5-19-17(15)16(13-22)18(24)20-6-3-7-21-8-10-25-11-9-21/h2,4-5,16H,3,6-13H2,1H3,(H,20,24). The van der Waals surface area contributed by atoms with E-state index in [4.69, 9.17) is 4.74 Å². The zero-order valence-electron chi connectivity index (χ0n) is 14.7. The highest BCUT2D eigenvalue weighted by Crippen LogP contribution is 2.26. The molecular formula is C18H26N4O3. The number of rotatable bonds is 5. The molecule has 3 heterocycles. The number of amides is 2. The predicted molar refractivity (Wildman–Crippen MR) is 93.0 cm³/mol. The predicted octanol–water partition coefficient (Wildman–Crippen LogP) is 0.366. The van der Waals surface area contributed by atoms with E-state index >= 15 is 0 Å². The smallest absolute Gasteiger partial charge is 0.230 e. The second-order valence-electron chi connectivity index (χ2n) is 6.60. The first-order valence-corrected chi connectivity index (χ1v) is 8.92. The summed E-state index contributed by atoms with van der Waals surface area (Å²) in [6.45, 7) is 7.56. The topological polar surface area (TPSA) is 74.8 Å². The number of ether oxygens (including phenoxy) is 1. The van der Waals surface area contributed by atoms with Crippen molar-refractivity contribution in [2.75, 3.05) is 45.9 Å². The van der Waals surface area contributed by atoms with Gasteiger partial charge in [-0.05, 0) is 24.6 Å². The number of pyridine rings is 1. The Hall–Kier alpha value is -1.99. The molecule has 1 aromatic heterocycles. The van der Waals surface area contributed by atoms with Gasteiger partial charge in [-0.3, -0.25) is 19.5 Å². The Kier molecular flexibility index (Phi) is 5.99. The molecule has 1 aromatic rings. The lowest BCUT2D eigenvalue weighted by Crippen LogP contribution is -2.44. The number of nitrogens with zero attached hydrogens (tertiary/aromatic N) is 3. The minimum Gasteiger partial charge on any atom is -0.379 e. The van der Waals surface area contributed by atoms with Gasteiger partial charge < -0.3 is 15.0 Å². The molecule has 25 heavy (non-hydrogen) atoms. The van der Waals surface area contributed by atoms with E-state index in [0.717, 1.165) is 50.5 Å². The Balaban J connectivity index is 1.54. The van der Waals surface area contributed by atoms with E-state index in [1.54, 1.807) is 18.0 Å². The van der Waals surface area contributed by atoms with Crippen LogP contribution < -0.4 is 5.32 Å². The fourth-order valence-corrected chi connectivity index (χ4v) is 3.38. The molecule has 1 atom stereocenters. The van der Waals surface area contributed by atoms with Crippen molar-refractivity contribution in [1.82, 2.24) is 20.1 Å². The summed E-state index contributed by atoms with van der Waals surface area (Å²) in [6, 6.07) is 3.79. The van der Waals surface area contributed by atoms with Crippen LogP contribution in [0.2, 0.25) is 0 Å². The molecule has 2 amide bonds. The number of carbonyl (C=O) groups is 2. The maximum atomic E-state index is 12.7. The van der Waals surface area contributed by atoms with Crippen LogP contribution >= 0.6 is 0 Å². The van der Waals surface area contributed by atoms with Crippen LogP contribution in [0, 0.1) is 0 Å². The largest absolute Gasteiger partial charge is 0.379 e. The van der Waals surface area contributed by atoms with Crippen molar-refractivity contribution in [2.24, 2.45) is 0 Å². The first kappa shape index (κ1) is 17.8. The number of nitrogens with one attached hydrogen (secondary N) is 1. The van der Waals surface area contributed by atoms with Gasteiger partial charge in [0.15, 0.2) is 0 Å². The summed E-state index contributed by atoms with van der Waals surface area (Å²) < 4.78 is 5.34. The van der Waals surface area contributed by atoms with Crippen molar-refractivity contribution < 1.29 is 14.3 Å². The van der Waals surface area contributed by atoms with Gasteiger partial charge in [0.2, 0.25) is 11.8 Å². The zero-order valence-corrected chi connectivity index (χ0v) is 14.7. The third kappa shape index (κ3) is 4.55. The summed E-state index contributed by atoms with van der Waals surface area (Å²) in [5.74, 6) is -0.454. The van der Waals surface area contributed by atoms with E-state index in [0.29, 0.717) is 19.6 Å². The average molecular weight is 346 g/mol. The van der Waals surface area contributed by atoms with Crippen molar-refractivity contribution in [3.63, 3.8) is 0 Å². The van der Waals surface area contributed by atoms with E-state index in [1.807, 2.05) is 12.1 Å². The molecule has 1 saturated heterocycles. The molecule has 2 aliphatic heterocycles. The maximum Gasteiger partial charge on any atom is 0.230 e. The summed E-state index contributed by atoms with van der Waals surface area (Å²) in [5, 5.41) is 3.02. The van der Waals surface area contributed by atoms with Crippen LogP contribution in [-0.4, -0.2) is 72.5 Å². The molecule has 3 rings (SSSR count). The third-order valence-electron chi connectivity index (χ3n) is 4.84. The summed E-state index contributed by atoms with van der Waals surface area (Å²) in [5.41, 5.74) is 1.75. The van der Waals surface area contributed by atoms with Crippen molar-refractivity contribution in [3.05, 3.63) is 29.6 Å². The van der Waals surface area contributed by atoms with E-state index < -0.39 is 5.92 Å². The monoisotopic (exact) mass is 346 g/mol. The third-order valence-corrected chi connectivity index (χ3v) is 4.84. The van der Waals surface area contributed by atoms with Gasteiger partial charge in [0.1, 0.15) is 0 Å². The maximum absolute atomic E-state index is 12.7. The normalized spacial score (nSPS) is 20.8. The summed E-state index contributed by atoms with van der Waals surface area (Å²) in [6.07, 6.45) is 2.62. The molecule has 2 aliphatic rings. The SMILES string of the molecule is CC(=O)N1Cc2cccnc2C(C(=O)NCCCN2CCOCC2)C1. The van der Waals surface area contributed by atoms with Crippen LogP contribution in [0.1, 0.15) is 30.5 Å². The summed E-state index contributed by atoms with van der Waals surface area (Å²) >= 11 is 0. The van der Waals surface area contributed by atoms with Crippen LogP contribution in [0.5, 0.6) is 0 Å². The minimum atomic E-state index is -0.391. The van der Waals surface area contributed by atoms with Crippen molar-refractivity contribution in [1.29, 1.82) is 0 Å². The lowest BCUT2D eigenvalue weighted by Gasteiger charge is -2.32. The first-order valence-electron chi connectivity index (χ1n) is 8.92. The quantitative estimate of drug-likeness (QED) is 0.780. The van der Waals surface area contributed by atoms with Gasteiger partial charge in [-0.25, -0.2) is 0 Å². The Morgan fingerprint density at radius 3 is 2.92 bits per heavy atom. The van der Waals surface area contributed by atoms with Gasteiger partial charge in [-0.2, -0.15) is 0 Å². The van der Waals surface area contributed by atoms with Gasteiger partial charge in [0, 0.05) is 45.8 Å². The molecule has 7 heteroatoms. The molecule has 7 nitrogen and oxygen atoms in total. The molecule has 1 unspecified atom stereocenters. The summed E-state index contributed by atoms with van der Waals surface area (Å²) in [4.78, 5) is 32.9. The van der Waals surface area contributed by atoms with Crippen LogP contribution in [0.3, 0.4) is 0 Å². The minimum absolute atomic E-state index is 0.0142. The molecule has 0 spiro atoms. The highest BCUT2D eigenvalue weighted by Gasteiger charge is 2.32. The van der Waals surface area contributed by atoms with Gasteiger partial charge in [-0.15, -0.1) is 0 Å². The molecular weight excluding hydrogens is 320 g/mol. The lowest BCUT2D eigenvalue weighted by atomic mass is 9.94. The second-order valence-corrected chi connectivity index (χ2v) is 6.60. The number of fused-ring (bicyclic) bond motifs is 1. The molecule has 0 aliphatic carbocycles. The molecule has 0 bridgehead atoms. The molecule has 0 saturated carbocycles. The Bertz CT molecular complexity index is 616. The van der Waals surface area contributed by atoms with E-state index in [1.165, 1.54) is 0 Å². The highest BCUT2D eigenvalue weighted by atomic mass is 16.5. The van der Waals surface area contributed by atoms with Gasteiger partial charge in [-0.1, -0.05) is 6.07 Å².